The van der Waals surface area contributed by atoms with Gasteiger partial charge in [-0.1, -0.05) is 32.9 Å². The van der Waals surface area contributed by atoms with E-state index in [1.165, 1.54) is 0 Å². The summed E-state index contributed by atoms with van der Waals surface area (Å²) in [4.78, 5) is 7.77. The highest BCUT2D eigenvalue weighted by molar-refractivity contribution is 5.74. The molecule has 0 fully saturated rings. The standard InChI is InChI=1S/C14H19N3/c1-9-6-5-7-10(12(9)15)13-16-8-11(17-13)14(2,3)4/h5-8H,15H2,1-4H3,(H,16,17). The summed E-state index contributed by atoms with van der Waals surface area (Å²) in [6.07, 6.45) is 1.89. The van der Waals surface area contributed by atoms with Crippen molar-refractivity contribution in [3.05, 3.63) is 35.7 Å². The van der Waals surface area contributed by atoms with E-state index in [0.29, 0.717) is 0 Å². The Morgan fingerprint density at radius 1 is 1.24 bits per heavy atom. The van der Waals surface area contributed by atoms with Gasteiger partial charge >= 0.3 is 0 Å². The molecule has 3 heteroatoms. The van der Waals surface area contributed by atoms with E-state index in [1.54, 1.807) is 0 Å². The van der Waals surface area contributed by atoms with Crippen LogP contribution in [0.4, 0.5) is 5.69 Å². The largest absolute Gasteiger partial charge is 0.398 e. The number of hydrogen-bond acceptors (Lipinski definition) is 2. The van der Waals surface area contributed by atoms with E-state index in [4.69, 9.17) is 5.73 Å². The van der Waals surface area contributed by atoms with Crippen LogP contribution >= 0.6 is 0 Å². The van der Waals surface area contributed by atoms with Gasteiger partial charge in [0.1, 0.15) is 5.82 Å². The van der Waals surface area contributed by atoms with Crippen molar-refractivity contribution in [2.75, 3.05) is 5.73 Å². The second kappa shape index (κ2) is 3.91. The molecular formula is C14H19N3. The highest BCUT2D eigenvalue weighted by Crippen LogP contribution is 2.28. The minimum atomic E-state index is 0.0733. The summed E-state index contributed by atoms with van der Waals surface area (Å²) in [5.74, 6) is 0.844. The molecule has 0 radical (unpaired) electrons. The van der Waals surface area contributed by atoms with Gasteiger partial charge in [0, 0.05) is 28.6 Å². The van der Waals surface area contributed by atoms with Gasteiger partial charge in [-0.2, -0.15) is 0 Å². The predicted molar refractivity (Wildman–Crippen MR) is 71.9 cm³/mol. The molecule has 3 N–H and O–H groups in total. The molecule has 0 saturated heterocycles. The number of hydrogen-bond donors (Lipinski definition) is 2. The number of nitrogens with zero attached hydrogens (tertiary/aromatic N) is 1. The molecule has 0 spiro atoms. The smallest absolute Gasteiger partial charge is 0.139 e. The van der Waals surface area contributed by atoms with Crippen LogP contribution in [0.5, 0.6) is 0 Å². The van der Waals surface area contributed by atoms with Crippen LogP contribution in [-0.4, -0.2) is 9.97 Å². The molecular weight excluding hydrogens is 210 g/mol. The molecule has 0 aliphatic rings. The van der Waals surface area contributed by atoms with Gasteiger partial charge in [0.2, 0.25) is 0 Å². The third-order valence-corrected chi connectivity index (χ3v) is 2.96. The molecule has 0 aliphatic carbocycles. The molecule has 2 rings (SSSR count). The highest BCUT2D eigenvalue weighted by Gasteiger charge is 2.17. The number of rotatable bonds is 1. The lowest BCUT2D eigenvalue weighted by atomic mass is 9.93. The lowest BCUT2D eigenvalue weighted by Gasteiger charge is -2.15. The number of benzene rings is 1. The average molecular weight is 229 g/mol. The summed E-state index contributed by atoms with van der Waals surface area (Å²) >= 11 is 0. The van der Waals surface area contributed by atoms with Gasteiger partial charge in [0.05, 0.1) is 0 Å². The monoisotopic (exact) mass is 229 g/mol. The van der Waals surface area contributed by atoms with E-state index in [-0.39, 0.29) is 5.41 Å². The fourth-order valence-corrected chi connectivity index (χ4v) is 1.73. The van der Waals surface area contributed by atoms with E-state index in [0.717, 1.165) is 28.3 Å². The third kappa shape index (κ3) is 2.18. The first-order valence-electron chi connectivity index (χ1n) is 5.80. The van der Waals surface area contributed by atoms with Crippen molar-refractivity contribution in [3.8, 4) is 11.4 Å². The molecule has 0 bridgehead atoms. The topological polar surface area (TPSA) is 54.7 Å². The average Bonchev–Trinajstić information content (AvgIpc) is 2.70. The number of imidazole rings is 1. The number of para-hydroxylation sites is 1. The van der Waals surface area contributed by atoms with Crippen LogP contribution in [0.2, 0.25) is 0 Å². The Kier molecular flexibility index (Phi) is 2.69. The third-order valence-electron chi connectivity index (χ3n) is 2.96. The molecule has 0 unspecified atom stereocenters. The highest BCUT2D eigenvalue weighted by atomic mass is 14.9. The summed E-state index contributed by atoms with van der Waals surface area (Å²) in [5, 5.41) is 0. The van der Waals surface area contributed by atoms with E-state index >= 15 is 0 Å². The van der Waals surface area contributed by atoms with Gasteiger partial charge in [-0.25, -0.2) is 4.98 Å². The summed E-state index contributed by atoms with van der Waals surface area (Å²) in [6, 6.07) is 6.00. The second-order valence-electron chi connectivity index (χ2n) is 5.43. The Balaban J connectivity index is 2.48. The number of nitrogens with one attached hydrogen (secondary N) is 1. The van der Waals surface area contributed by atoms with Crippen LogP contribution in [0.3, 0.4) is 0 Å². The fourth-order valence-electron chi connectivity index (χ4n) is 1.73. The molecule has 0 aliphatic heterocycles. The summed E-state index contributed by atoms with van der Waals surface area (Å²) in [7, 11) is 0. The number of aromatic nitrogens is 2. The van der Waals surface area contributed by atoms with Crippen LogP contribution in [0.25, 0.3) is 11.4 Å². The summed E-state index contributed by atoms with van der Waals surface area (Å²) in [6.45, 7) is 8.48. The Morgan fingerprint density at radius 3 is 2.53 bits per heavy atom. The van der Waals surface area contributed by atoms with Gasteiger partial charge < -0.3 is 10.7 Å². The minimum Gasteiger partial charge on any atom is -0.398 e. The summed E-state index contributed by atoms with van der Waals surface area (Å²) < 4.78 is 0. The molecule has 1 heterocycles. The van der Waals surface area contributed by atoms with Crippen molar-refractivity contribution < 1.29 is 0 Å². The molecule has 1 aromatic heterocycles. The van der Waals surface area contributed by atoms with Crippen LogP contribution in [0.15, 0.2) is 24.4 Å². The number of H-pyrrole nitrogens is 1. The zero-order chi connectivity index (χ0) is 12.6. The van der Waals surface area contributed by atoms with Crippen LogP contribution in [-0.2, 0) is 5.41 Å². The Labute approximate surface area is 102 Å². The Morgan fingerprint density at radius 2 is 1.94 bits per heavy atom. The first kappa shape index (κ1) is 11.7. The van der Waals surface area contributed by atoms with E-state index in [9.17, 15) is 0 Å². The first-order valence-corrected chi connectivity index (χ1v) is 5.80. The lowest BCUT2D eigenvalue weighted by Crippen LogP contribution is -2.11. The van der Waals surface area contributed by atoms with Crippen LogP contribution in [0.1, 0.15) is 32.0 Å². The normalized spacial score (nSPS) is 11.8. The number of nitrogens with two attached hydrogens (primary N) is 1. The maximum atomic E-state index is 6.07. The number of aromatic amines is 1. The van der Waals surface area contributed by atoms with E-state index in [1.807, 2.05) is 31.3 Å². The molecule has 2 aromatic rings. The quantitative estimate of drug-likeness (QED) is 0.737. The van der Waals surface area contributed by atoms with Gasteiger partial charge in [-0.3, -0.25) is 0 Å². The number of anilines is 1. The van der Waals surface area contributed by atoms with Gasteiger partial charge in [-0.05, 0) is 18.6 Å². The van der Waals surface area contributed by atoms with Gasteiger partial charge in [0.15, 0.2) is 0 Å². The molecule has 17 heavy (non-hydrogen) atoms. The van der Waals surface area contributed by atoms with Crippen LogP contribution < -0.4 is 5.73 Å². The predicted octanol–water partition coefficient (Wildman–Crippen LogP) is 3.26. The Bertz CT molecular complexity index is 533. The second-order valence-corrected chi connectivity index (χ2v) is 5.43. The number of nitrogen functional groups attached to an aromatic ring is 1. The van der Waals surface area contributed by atoms with Crippen molar-refractivity contribution in [3.63, 3.8) is 0 Å². The maximum absolute atomic E-state index is 6.07. The van der Waals surface area contributed by atoms with Crippen molar-refractivity contribution >= 4 is 5.69 Å². The SMILES string of the molecule is Cc1cccc(-c2ncc(C(C)(C)C)[nH]2)c1N. The minimum absolute atomic E-state index is 0.0733. The van der Waals surface area contributed by atoms with Crippen molar-refractivity contribution in [2.45, 2.75) is 33.1 Å². The first-order chi connectivity index (χ1) is 7.89. The number of aryl methyl sites for hydroxylation is 1. The molecule has 0 atom stereocenters. The zero-order valence-corrected chi connectivity index (χ0v) is 10.8. The molecule has 90 valence electrons. The summed E-state index contributed by atoms with van der Waals surface area (Å²) in [5.41, 5.74) is 10.1. The zero-order valence-electron chi connectivity index (χ0n) is 10.8. The van der Waals surface area contributed by atoms with Crippen molar-refractivity contribution in [2.24, 2.45) is 0 Å². The van der Waals surface area contributed by atoms with Crippen molar-refractivity contribution in [1.82, 2.24) is 9.97 Å². The lowest BCUT2D eigenvalue weighted by molar-refractivity contribution is 0.573. The van der Waals surface area contributed by atoms with Gasteiger partial charge in [-0.15, -0.1) is 0 Å². The van der Waals surface area contributed by atoms with E-state index < -0.39 is 0 Å². The Hall–Kier alpha value is -1.77. The fraction of sp³-hybridized carbons (Fsp3) is 0.357. The van der Waals surface area contributed by atoms with Gasteiger partial charge in [0.25, 0.3) is 0 Å². The molecule has 1 aromatic carbocycles. The van der Waals surface area contributed by atoms with E-state index in [2.05, 4.69) is 30.7 Å². The van der Waals surface area contributed by atoms with Crippen molar-refractivity contribution in [1.29, 1.82) is 0 Å². The van der Waals surface area contributed by atoms with Crippen LogP contribution in [0, 0.1) is 6.92 Å². The molecule has 3 nitrogen and oxygen atoms in total. The maximum Gasteiger partial charge on any atom is 0.139 e. The molecule has 0 amide bonds. The molecule has 0 saturated carbocycles.